The summed E-state index contributed by atoms with van der Waals surface area (Å²) in [4.78, 5) is 26.3. The number of rotatable bonds is 5. The summed E-state index contributed by atoms with van der Waals surface area (Å²) in [5, 5.41) is 17.0. The Labute approximate surface area is 162 Å². The lowest BCUT2D eigenvalue weighted by atomic mass is 10.1. The van der Waals surface area contributed by atoms with Gasteiger partial charge in [-0.2, -0.15) is 0 Å². The van der Waals surface area contributed by atoms with Crippen LogP contribution in [0.25, 0.3) is 11.5 Å². The summed E-state index contributed by atoms with van der Waals surface area (Å²) in [6.45, 7) is 3.58. The van der Waals surface area contributed by atoms with E-state index in [1.807, 2.05) is 37.3 Å². The molecule has 2 aliphatic heterocycles. The number of amides is 3. The second-order valence-electron chi connectivity index (χ2n) is 7.12. The van der Waals surface area contributed by atoms with E-state index in [0.717, 1.165) is 5.56 Å². The van der Waals surface area contributed by atoms with E-state index in [1.165, 1.54) is 0 Å². The first-order valence-corrected chi connectivity index (χ1v) is 9.59. The number of urea groups is 1. The first-order chi connectivity index (χ1) is 13.6. The van der Waals surface area contributed by atoms with Crippen LogP contribution in [0.3, 0.4) is 0 Å². The monoisotopic (exact) mass is 384 g/mol. The molecule has 148 valence electrons. The molecular weight excluding hydrogens is 360 g/mol. The van der Waals surface area contributed by atoms with Gasteiger partial charge in [0.15, 0.2) is 0 Å². The average molecular weight is 384 g/mol. The Bertz CT molecular complexity index is 839. The number of hydrogen-bond acceptors (Lipinski definition) is 6. The molecule has 9 heteroatoms. The molecule has 0 unspecified atom stereocenters. The normalized spacial score (nSPS) is 24.5. The van der Waals surface area contributed by atoms with E-state index >= 15 is 0 Å². The quantitative estimate of drug-likeness (QED) is 0.694. The van der Waals surface area contributed by atoms with Crippen molar-refractivity contribution < 1.29 is 14.0 Å². The molecule has 1 aromatic heterocycles. The molecule has 3 heterocycles. The van der Waals surface area contributed by atoms with E-state index in [9.17, 15) is 9.59 Å². The molecular formula is C19H24N6O3. The second kappa shape index (κ2) is 7.97. The maximum Gasteiger partial charge on any atom is 0.315 e. The highest BCUT2D eigenvalue weighted by Gasteiger charge is 2.44. The number of nitrogens with one attached hydrogen (secondary N) is 3. The summed E-state index contributed by atoms with van der Waals surface area (Å²) in [6.07, 6.45) is 1.14. The van der Waals surface area contributed by atoms with Crippen molar-refractivity contribution >= 4 is 11.9 Å². The van der Waals surface area contributed by atoms with Gasteiger partial charge in [0.1, 0.15) is 0 Å². The molecule has 3 atom stereocenters. The van der Waals surface area contributed by atoms with Gasteiger partial charge in [0.05, 0.1) is 6.04 Å². The van der Waals surface area contributed by atoms with Crippen LogP contribution in [-0.2, 0) is 11.2 Å². The summed E-state index contributed by atoms with van der Waals surface area (Å²) in [5.74, 6) is 1.04. The van der Waals surface area contributed by atoms with Gasteiger partial charge in [0, 0.05) is 43.7 Å². The molecule has 0 radical (unpaired) electrons. The zero-order valence-corrected chi connectivity index (χ0v) is 15.7. The van der Waals surface area contributed by atoms with Crippen LogP contribution in [0.1, 0.15) is 19.2 Å². The predicted molar refractivity (Wildman–Crippen MR) is 101 cm³/mol. The van der Waals surface area contributed by atoms with Crippen molar-refractivity contribution in [1.82, 2.24) is 31.0 Å². The first-order valence-electron chi connectivity index (χ1n) is 9.59. The third kappa shape index (κ3) is 3.84. The minimum absolute atomic E-state index is 0.00644. The predicted octanol–water partition coefficient (Wildman–Crippen LogP) is 0.540. The van der Waals surface area contributed by atoms with Crippen molar-refractivity contribution in [3.8, 4) is 11.5 Å². The molecule has 2 aromatic rings. The third-order valence-electron chi connectivity index (χ3n) is 5.19. The van der Waals surface area contributed by atoms with Gasteiger partial charge < -0.3 is 20.4 Å². The number of hydrogen-bond donors (Lipinski definition) is 3. The van der Waals surface area contributed by atoms with Gasteiger partial charge in [-0.15, -0.1) is 10.2 Å². The Morgan fingerprint density at radius 2 is 2.14 bits per heavy atom. The van der Waals surface area contributed by atoms with Crippen LogP contribution in [0.4, 0.5) is 4.79 Å². The summed E-state index contributed by atoms with van der Waals surface area (Å²) < 4.78 is 5.83. The van der Waals surface area contributed by atoms with Crippen LogP contribution in [0, 0.1) is 0 Å². The fourth-order valence-electron chi connectivity index (χ4n) is 3.90. The summed E-state index contributed by atoms with van der Waals surface area (Å²) in [7, 11) is 0. The van der Waals surface area contributed by atoms with Crippen LogP contribution in [-0.4, -0.2) is 64.8 Å². The molecule has 0 bridgehead atoms. The van der Waals surface area contributed by atoms with E-state index in [4.69, 9.17) is 4.42 Å². The van der Waals surface area contributed by atoms with Gasteiger partial charge in [-0.25, -0.2) is 4.79 Å². The van der Waals surface area contributed by atoms with Crippen LogP contribution in [0.5, 0.6) is 0 Å². The maximum absolute atomic E-state index is 12.3. The average Bonchev–Trinajstić information content (AvgIpc) is 3.33. The highest BCUT2D eigenvalue weighted by Crippen LogP contribution is 2.26. The smallest absolute Gasteiger partial charge is 0.315 e. The Morgan fingerprint density at radius 3 is 2.93 bits per heavy atom. The Morgan fingerprint density at radius 1 is 1.32 bits per heavy atom. The zero-order valence-electron chi connectivity index (χ0n) is 15.7. The van der Waals surface area contributed by atoms with E-state index < -0.39 is 0 Å². The number of benzene rings is 1. The number of carbonyl (C=O) groups excluding carboxylic acids is 2. The summed E-state index contributed by atoms with van der Waals surface area (Å²) in [6, 6.07) is 9.16. The Kier molecular flexibility index (Phi) is 5.25. The second-order valence-corrected chi connectivity index (χ2v) is 7.12. The SMILES string of the molecule is CCNC(=O)N[C@H]1C[C@H]2C(=O)NC[C@@H](Cc3nnc(-c4ccccc4)o3)N2C1. The number of aromatic nitrogens is 2. The van der Waals surface area contributed by atoms with Crippen LogP contribution in [0.2, 0.25) is 0 Å². The van der Waals surface area contributed by atoms with Crippen LogP contribution >= 0.6 is 0 Å². The molecule has 28 heavy (non-hydrogen) atoms. The van der Waals surface area contributed by atoms with Gasteiger partial charge in [-0.05, 0) is 25.5 Å². The van der Waals surface area contributed by atoms with E-state index in [2.05, 4.69) is 31.0 Å². The lowest BCUT2D eigenvalue weighted by molar-refractivity contribution is -0.129. The van der Waals surface area contributed by atoms with E-state index in [1.54, 1.807) is 0 Å². The largest absolute Gasteiger partial charge is 0.421 e. The van der Waals surface area contributed by atoms with Gasteiger partial charge >= 0.3 is 6.03 Å². The van der Waals surface area contributed by atoms with Crippen molar-refractivity contribution in [3.05, 3.63) is 36.2 Å². The molecule has 0 saturated carbocycles. The van der Waals surface area contributed by atoms with E-state index in [-0.39, 0.29) is 30.1 Å². The zero-order chi connectivity index (χ0) is 19.5. The summed E-state index contributed by atoms with van der Waals surface area (Å²) >= 11 is 0. The lowest BCUT2D eigenvalue weighted by Gasteiger charge is -2.36. The molecule has 0 spiro atoms. The Hall–Kier alpha value is -2.94. The van der Waals surface area contributed by atoms with Crippen LogP contribution in [0.15, 0.2) is 34.7 Å². The molecule has 4 rings (SSSR count). The highest BCUT2D eigenvalue weighted by molar-refractivity contribution is 5.83. The van der Waals surface area contributed by atoms with Gasteiger partial charge in [-0.3, -0.25) is 9.69 Å². The van der Waals surface area contributed by atoms with Crippen molar-refractivity contribution in [1.29, 1.82) is 0 Å². The van der Waals surface area contributed by atoms with Gasteiger partial charge in [0.2, 0.25) is 17.7 Å². The molecule has 1 aromatic carbocycles. The fourth-order valence-corrected chi connectivity index (χ4v) is 3.90. The fraction of sp³-hybridized carbons (Fsp3) is 0.474. The lowest BCUT2D eigenvalue weighted by Crippen LogP contribution is -2.58. The van der Waals surface area contributed by atoms with Crippen molar-refractivity contribution in [3.63, 3.8) is 0 Å². The maximum atomic E-state index is 12.3. The van der Waals surface area contributed by atoms with Gasteiger partial charge in [0.25, 0.3) is 0 Å². The third-order valence-corrected chi connectivity index (χ3v) is 5.19. The standard InChI is InChI=1S/C19H24N6O3/c1-2-20-19(27)22-13-8-15-17(26)21-10-14(25(15)11-13)9-16-23-24-18(28-16)12-6-4-3-5-7-12/h3-7,13-15H,2,8-11H2,1H3,(H,21,26)(H2,20,22,27)/t13-,14+,15-/m0/s1. The molecule has 2 aliphatic rings. The minimum Gasteiger partial charge on any atom is -0.421 e. The number of fused-ring (bicyclic) bond motifs is 1. The summed E-state index contributed by atoms with van der Waals surface area (Å²) in [5.41, 5.74) is 0.878. The van der Waals surface area contributed by atoms with Crippen molar-refractivity contribution in [2.45, 2.75) is 37.9 Å². The topological polar surface area (TPSA) is 112 Å². The molecule has 3 N–H and O–H groups in total. The molecule has 3 amide bonds. The first kappa shape index (κ1) is 18.4. The van der Waals surface area contributed by atoms with Crippen molar-refractivity contribution in [2.24, 2.45) is 0 Å². The van der Waals surface area contributed by atoms with Gasteiger partial charge in [-0.1, -0.05) is 18.2 Å². The molecule has 0 aliphatic carbocycles. The molecule has 9 nitrogen and oxygen atoms in total. The number of nitrogens with zero attached hydrogens (tertiary/aromatic N) is 3. The van der Waals surface area contributed by atoms with Crippen LogP contribution < -0.4 is 16.0 Å². The molecule has 2 fully saturated rings. The Balaban J connectivity index is 1.43. The highest BCUT2D eigenvalue weighted by atomic mass is 16.4. The number of carbonyl (C=O) groups is 2. The van der Waals surface area contributed by atoms with E-state index in [0.29, 0.717) is 44.3 Å². The molecule has 2 saturated heterocycles. The van der Waals surface area contributed by atoms with Crippen molar-refractivity contribution in [2.75, 3.05) is 19.6 Å². The number of piperazine rings is 1. The minimum atomic E-state index is -0.248.